The second-order valence-corrected chi connectivity index (χ2v) is 14.4. The number of ether oxygens (including phenoxy) is 8. The van der Waals surface area contributed by atoms with E-state index in [1.54, 1.807) is 0 Å². The van der Waals surface area contributed by atoms with E-state index in [-0.39, 0.29) is 49.3 Å². The van der Waals surface area contributed by atoms with Crippen LogP contribution in [0.4, 0.5) is 28.8 Å². The normalized spacial score (nSPS) is 25.2. The van der Waals surface area contributed by atoms with Gasteiger partial charge in [-0.25, -0.2) is 28.8 Å². The van der Waals surface area contributed by atoms with E-state index in [1.807, 2.05) is 41.5 Å². The molecule has 0 radical (unpaired) electrons. The average Bonchev–Trinajstić information content (AvgIpc) is 2.94. The maximum Gasteiger partial charge on any atom is 0.511 e. The first-order valence-electron chi connectivity index (χ1n) is 15.9. The summed E-state index contributed by atoms with van der Waals surface area (Å²) in [4.78, 5) is 71.6. The second kappa shape index (κ2) is 17.9. The van der Waals surface area contributed by atoms with Gasteiger partial charge >= 0.3 is 36.7 Å². The molecule has 0 saturated heterocycles. The first-order valence-corrected chi connectivity index (χ1v) is 15.9. The zero-order chi connectivity index (χ0) is 36.9. The fourth-order valence-electron chi connectivity index (χ4n) is 7.10. The number of hydrogen-bond donors (Lipinski definition) is 4. The van der Waals surface area contributed by atoms with Crippen LogP contribution in [0.2, 0.25) is 0 Å². The lowest BCUT2D eigenvalue weighted by Gasteiger charge is -2.46. The van der Waals surface area contributed by atoms with Crippen molar-refractivity contribution in [2.24, 2.45) is 10.8 Å². The van der Waals surface area contributed by atoms with Crippen LogP contribution in [0, 0.1) is 10.8 Å². The van der Waals surface area contributed by atoms with Crippen molar-refractivity contribution in [1.29, 1.82) is 0 Å². The van der Waals surface area contributed by atoms with Gasteiger partial charge in [-0.2, -0.15) is 0 Å². The summed E-state index contributed by atoms with van der Waals surface area (Å²) >= 11 is 0. The third-order valence-corrected chi connectivity index (χ3v) is 7.98. The van der Waals surface area contributed by atoms with Crippen LogP contribution >= 0.6 is 0 Å². The van der Waals surface area contributed by atoms with Crippen molar-refractivity contribution >= 4 is 36.7 Å². The highest BCUT2D eigenvalue weighted by atomic mass is 16.8. The SMILES string of the molecule is COC(=O)NC1(C)CC(NC(=O)OCCOC(=O)OCCOC(=O)OCOC(=O)NC2CC(C)(C)CC(C)(NC(=O)OC)C2)CC(C)(C)C1. The van der Waals surface area contributed by atoms with Gasteiger partial charge in [-0.15, -0.1) is 0 Å². The van der Waals surface area contributed by atoms with E-state index < -0.39 is 54.6 Å². The molecular weight excluding hydrogens is 652 g/mol. The maximum atomic E-state index is 12.3. The Labute approximate surface area is 286 Å². The molecule has 4 N–H and O–H groups in total. The summed E-state index contributed by atoms with van der Waals surface area (Å²) in [5, 5.41) is 11.2. The lowest BCUT2D eigenvalue weighted by molar-refractivity contribution is -0.0253. The summed E-state index contributed by atoms with van der Waals surface area (Å²) in [6, 6.07) is -0.598. The molecule has 0 spiro atoms. The van der Waals surface area contributed by atoms with Gasteiger partial charge in [-0.1, -0.05) is 27.7 Å². The molecular formula is C31H52N4O14. The van der Waals surface area contributed by atoms with Crippen molar-refractivity contribution in [2.45, 2.75) is 103 Å². The summed E-state index contributed by atoms with van der Waals surface area (Å²) in [5.74, 6) is 0. The van der Waals surface area contributed by atoms with Crippen molar-refractivity contribution in [3.05, 3.63) is 0 Å². The molecule has 4 unspecified atom stereocenters. The Balaban J connectivity index is 1.56. The third kappa shape index (κ3) is 15.6. The minimum atomic E-state index is -1.17. The topological polar surface area (TPSA) is 224 Å². The molecule has 0 aromatic carbocycles. The average molecular weight is 705 g/mol. The highest BCUT2D eigenvalue weighted by Crippen LogP contribution is 2.42. The molecule has 280 valence electrons. The summed E-state index contributed by atoms with van der Waals surface area (Å²) in [6.07, 6.45) is -1.32. The van der Waals surface area contributed by atoms with E-state index in [2.05, 4.69) is 21.3 Å². The van der Waals surface area contributed by atoms with Crippen molar-refractivity contribution < 1.29 is 66.7 Å². The third-order valence-electron chi connectivity index (χ3n) is 7.98. The van der Waals surface area contributed by atoms with Crippen LogP contribution in [-0.4, -0.2) is 107 Å². The standard InChI is InChI=1S/C31H52N4O14/c1-28(2)13-20(15-30(5,17-28)34-24(38)42-7)32-22(36)44-9-10-45-26(40)46-11-12-47-27(41)49-19-48-23(37)33-21-14-29(3,4)18-31(6,16-21)35-25(39)43-8/h20-21H,9-19H2,1-8H3,(H,32,36)(H,33,37)(H,34,38)(H,35,39). The monoisotopic (exact) mass is 704 g/mol. The number of nitrogens with one attached hydrogen (secondary N) is 4. The van der Waals surface area contributed by atoms with Gasteiger partial charge in [0.25, 0.3) is 0 Å². The van der Waals surface area contributed by atoms with Gasteiger partial charge in [0, 0.05) is 23.2 Å². The van der Waals surface area contributed by atoms with Crippen LogP contribution in [0.5, 0.6) is 0 Å². The van der Waals surface area contributed by atoms with Crippen LogP contribution < -0.4 is 21.3 Å². The Bertz CT molecular complexity index is 1180. The Kier molecular flexibility index (Phi) is 14.9. The number of methoxy groups -OCH3 is 2. The highest BCUT2D eigenvalue weighted by Gasteiger charge is 2.44. The fourth-order valence-corrected chi connectivity index (χ4v) is 7.10. The minimum Gasteiger partial charge on any atom is -0.453 e. The van der Waals surface area contributed by atoms with Crippen molar-refractivity contribution in [2.75, 3.05) is 47.4 Å². The van der Waals surface area contributed by atoms with Crippen molar-refractivity contribution in [3.8, 4) is 0 Å². The molecule has 2 aliphatic carbocycles. The maximum absolute atomic E-state index is 12.3. The highest BCUT2D eigenvalue weighted by molar-refractivity contribution is 5.70. The Morgan fingerprint density at radius 1 is 0.510 bits per heavy atom. The van der Waals surface area contributed by atoms with Crippen LogP contribution in [0.15, 0.2) is 0 Å². The van der Waals surface area contributed by atoms with Crippen LogP contribution in [0.25, 0.3) is 0 Å². The first kappa shape index (κ1) is 40.8. The van der Waals surface area contributed by atoms with Gasteiger partial charge < -0.3 is 59.2 Å². The molecule has 4 amide bonds. The number of rotatable bonds is 12. The smallest absolute Gasteiger partial charge is 0.453 e. The van der Waals surface area contributed by atoms with Crippen molar-refractivity contribution in [3.63, 3.8) is 0 Å². The number of hydrogen-bond acceptors (Lipinski definition) is 14. The second-order valence-electron chi connectivity index (χ2n) is 14.4. The Morgan fingerprint density at radius 2 is 0.878 bits per heavy atom. The Hall–Kier alpha value is -4.38. The van der Waals surface area contributed by atoms with Crippen LogP contribution in [0.3, 0.4) is 0 Å². The van der Waals surface area contributed by atoms with Gasteiger partial charge in [0.15, 0.2) is 0 Å². The Morgan fingerprint density at radius 3 is 1.29 bits per heavy atom. The van der Waals surface area contributed by atoms with E-state index >= 15 is 0 Å². The minimum absolute atomic E-state index is 0.174. The molecule has 18 heteroatoms. The van der Waals surface area contributed by atoms with Crippen molar-refractivity contribution in [1.82, 2.24) is 21.3 Å². The molecule has 2 rings (SSSR count). The van der Waals surface area contributed by atoms with E-state index in [4.69, 9.17) is 37.9 Å². The zero-order valence-electron chi connectivity index (χ0n) is 29.6. The van der Waals surface area contributed by atoms with Crippen LogP contribution in [0.1, 0.15) is 80.1 Å². The van der Waals surface area contributed by atoms with E-state index in [0.717, 1.165) is 0 Å². The molecule has 0 aromatic rings. The molecule has 2 aliphatic rings. The molecule has 0 bridgehead atoms. The molecule has 0 heterocycles. The van der Waals surface area contributed by atoms with E-state index in [0.29, 0.717) is 38.5 Å². The summed E-state index contributed by atoms with van der Waals surface area (Å²) < 4.78 is 38.4. The predicted molar refractivity (Wildman–Crippen MR) is 169 cm³/mol. The number of amides is 4. The largest absolute Gasteiger partial charge is 0.511 e. The molecule has 0 aliphatic heterocycles. The predicted octanol–water partition coefficient (Wildman–Crippen LogP) is 4.09. The quantitative estimate of drug-likeness (QED) is 0.0972. The summed E-state index contributed by atoms with van der Waals surface area (Å²) in [6.45, 7) is 9.88. The van der Waals surface area contributed by atoms with Gasteiger partial charge in [-0.3, -0.25) is 0 Å². The number of alkyl carbamates (subject to hydrolysis) is 4. The molecule has 0 aromatic heterocycles. The molecule has 4 atom stereocenters. The zero-order valence-corrected chi connectivity index (χ0v) is 29.6. The van der Waals surface area contributed by atoms with Gasteiger partial charge in [0.2, 0.25) is 6.79 Å². The van der Waals surface area contributed by atoms with Gasteiger partial charge in [0.1, 0.15) is 26.4 Å². The number of carbonyl (C=O) groups is 6. The van der Waals surface area contributed by atoms with Crippen LogP contribution in [-0.2, 0) is 37.9 Å². The molecule has 2 fully saturated rings. The first-order chi connectivity index (χ1) is 22.8. The summed E-state index contributed by atoms with van der Waals surface area (Å²) in [7, 11) is 2.56. The number of carbonyl (C=O) groups excluding carboxylic acids is 6. The molecule has 49 heavy (non-hydrogen) atoms. The van der Waals surface area contributed by atoms with E-state index in [1.165, 1.54) is 14.2 Å². The van der Waals surface area contributed by atoms with Gasteiger partial charge in [-0.05, 0) is 63.2 Å². The molecule has 2 saturated carbocycles. The lowest BCUT2D eigenvalue weighted by Crippen LogP contribution is -2.57. The van der Waals surface area contributed by atoms with E-state index in [9.17, 15) is 28.8 Å². The fraction of sp³-hybridized carbons (Fsp3) is 0.806. The lowest BCUT2D eigenvalue weighted by atomic mass is 9.67. The van der Waals surface area contributed by atoms with Gasteiger partial charge in [0.05, 0.1) is 14.2 Å². The summed E-state index contributed by atoms with van der Waals surface area (Å²) in [5.41, 5.74) is -1.58. The molecule has 18 nitrogen and oxygen atoms in total.